The molecule has 0 unspecified atom stereocenters. The standard InChI is InChI=1S/C22H25N3O3S2.H2/c1-3-14-25(15-4-2)30(27,28)19-12-10-17(11-13-19)20-16-29-22(23-20)24-21(26)18-8-6-5-7-9-18;/h5-13,16H,3-4,14-15H2,1-2H3,(H,23,24,26);1H. The second-order valence-electron chi connectivity index (χ2n) is 6.79. The Balaban J connectivity index is 0.00000341. The number of aromatic nitrogens is 1. The van der Waals surface area contributed by atoms with Gasteiger partial charge < -0.3 is 0 Å². The van der Waals surface area contributed by atoms with Crippen LogP contribution in [0.15, 0.2) is 64.9 Å². The van der Waals surface area contributed by atoms with E-state index in [4.69, 9.17) is 0 Å². The van der Waals surface area contributed by atoms with E-state index in [2.05, 4.69) is 10.3 Å². The smallest absolute Gasteiger partial charge is 0.257 e. The Hall–Kier alpha value is -2.55. The summed E-state index contributed by atoms with van der Waals surface area (Å²) in [5.74, 6) is -0.218. The Labute approximate surface area is 183 Å². The number of amides is 1. The van der Waals surface area contributed by atoms with E-state index in [1.807, 2.05) is 25.3 Å². The molecule has 3 rings (SSSR count). The topological polar surface area (TPSA) is 79.4 Å². The molecule has 0 bridgehead atoms. The number of carbonyl (C=O) groups is 1. The highest BCUT2D eigenvalue weighted by molar-refractivity contribution is 7.89. The van der Waals surface area contributed by atoms with Crippen LogP contribution >= 0.6 is 11.3 Å². The van der Waals surface area contributed by atoms with Gasteiger partial charge in [-0.2, -0.15) is 4.31 Å². The summed E-state index contributed by atoms with van der Waals surface area (Å²) in [5.41, 5.74) is 2.04. The Morgan fingerprint density at radius 2 is 1.67 bits per heavy atom. The highest BCUT2D eigenvalue weighted by Crippen LogP contribution is 2.27. The SMILES string of the molecule is CCCN(CCC)S(=O)(=O)c1ccc(-c2csc(NC(=O)c3ccccc3)n2)cc1.[HH]. The Morgan fingerprint density at radius 3 is 2.27 bits per heavy atom. The molecular formula is C22H27N3O3S2. The number of hydrogen-bond acceptors (Lipinski definition) is 5. The summed E-state index contributed by atoms with van der Waals surface area (Å²) in [5, 5.41) is 5.12. The van der Waals surface area contributed by atoms with Crippen molar-refractivity contribution in [3.05, 3.63) is 65.5 Å². The van der Waals surface area contributed by atoms with Gasteiger partial charge in [-0.25, -0.2) is 13.4 Å². The molecule has 1 amide bonds. The summed E-state index contributed by atoms with van der Waals surface area (Å²) >= 11 is 1.33. The molecule has 0 spiro atoms. The van der Waals surface area contributed by atoms with Gasteiger partial charge in [0.1, 0.15) is 0 Å². The quantitative estimate of drug-likeness (QED) is 0.496. The first kappa shape index (κ1) is 22.1. The zero-order valence-corrected chi connectivity index (χ0v) is 18.7. The molecule has 0 aliphatic rings. The minimum absolute atomic E-state index is 0. The number of nitrogens with one attached hydrogen (secondary N) is 1. The predicted molar refractivity (Wildman–Crippen MR) is 123 cm³/mol. The van der Waals surface area contributed by atoms with Crippen LogP contribution in [0, 0.1) is 0 Å². The molecule has 0 radical (unpaired) electrons. The summed E-state index contributed by atoms with van der Waals surface area (Å²) in [6.45, 7) is 4.96. The number of sulfonamides is 1. The molecule has 2 aromatic carbocycles. The van der Waals surface area contributed by atoms with Crippen molar-refractivity contribution in [2.24, 2.45) is 0 Å². The Bertz CT molecular complexity index is 1080. The largest absolute Gasteiger partial charge is 0.298 e. The van der Waals surface area contributed by atoms with Crippen LogP contribution in [-0.2, 0) is 10.0 Å². The maximum Gasteiger partial charge on any atom is 0.257 e. The third-order valence-corrected chi connectivity index (χ3v) is 7.17. The second kappa shape index (κ2) is 9.97. The average Bonchev–Trinajstić information content (AvgIpc) is 3.22. The van der Waals surface area contributed by atoms with Gasteiger partial charge in [0.05, 0.1) is 10.6 Å². The number of hydrogen-bond donors (Lipinski definition) is 1. The number of nitrogens with zero attached hydrogens (tertiary/aromatic N) is 2. The Kier molecular flexibility index (Phi) is 7.36. The highest BCUT2D eigenvalue weighted by atomic mass is 32.2. The molecule has 0 fully saturated rings. The molecule has 3 aromatic rings. The summed E-state index contributed by atoms with van der Waals surface area (Å²) in [4.78, 5) is 17.0. The molecule has 0 aliphatic carbocycles. The molecule has 30 heavy (non-hydrogen) atoms. The van der Waals surface area contributed by atoms with E-state index in [9.17, 15) is 13.2 Å². The van der Waals surface area contributed by atoms with Gasteiger partial charge in [-0.05, 0) is 37.1 Å². The van der Waals surface area contributed by atoms with Gasteiger partial charge in [0, 0.05) is 31.0 Å². The third-order valence-electron chi connectivity index (χ3n) is 4.49. The molecule has 1 aromatic heterocycles. The highest BCUT2D eigenvalue weighted by Gasteiger charge is 2.23. The van der Waals surface area contributed by atoms with Crippen molar-refractivity contribution >= 4 is 32.4 Å². The minimum atomic E-state index is -3.51. The maximum absolute atomic E-state index is 12.9. The van der Waals surface area contributed by atoms with Crippen molar-refractivity contribution in [3.8, 4) is 11.3 Å². The van der Waals surface area contributed by atoms with Crippen molar-refractivity contribution in [2.45, 2.75) is 31.6 Å². The molecule has 1 N–H and O–H groups in total. The molecule has 6 nitrogen and oxygen atoms in total. The number of benzene rings is 2. The van der Waals surface area contributed by atoms with E-state index in [0.717, 1.165) is 18.4 Å². The first-order valence-corrected chi connectivity index (χ1v) is 12.2. The van der Waals surface area contributed by atoms with Crippen LogP contribution in [0.25, 0.3) is 11.3 Å². The van der Waals surface area contributed by atoms with Gasteiger partial charge in [0.25, 0.3) is 5.91 Å². The van der Waals surface area contributed by atoms with Crippen molar-refractivity contribution in [1.82, 2.24) is 9.29 Å². The molecule has 0 saturated heterocycles. The van der Waals surface area contributed by atoms with E-state index < -0.39 is 10.0 Å². The van der Waals surface area contributed by atoms with Gasteiger partial charge in [-0.3, -0.25) is 10.1 Å². The van der Waals surface area contributed by atoms with Crippen LogP contribution in [-0.4, -0.2) is 36.7 Å². The molecule has 1 heterocycles. The van der Waals surface area contributed by atoms with Gasteiger partial charge in [-0.15, -0.1) is 11.3 Å². The second-order valence-corrected chi connectivity index (χ2v) is 9.58. The van der Waals surface area contributed by atoms with Crippen LogP contribution < -0.4 is 5.32 Å². The van der Waals surface area contributed by atoms with Gasteiger partial charge in [0.2, 0.25) is 10.0 Å². The van der Waals surface area contributed by atoms with Crippen molar-refractivity contribution in [3.63, 3.8) is 0 Å². The zero-order chi connectivity index (χ0) is 21.6. The Morgan fingerprint density at radius 1 is 1.03 bits per heavy atom. The van der Waals surface area contributed by atoms with E-state index in [-0.39, 0.29) is 12.2 Å². The lowest BCUT2D eigenvalue weighted by Gasteiger charge is -2.21. The summed E-state index contributed by atoms with van der Waals surface area (Å²) in [7, 11) is -3.51. The summed E-state index contributed by atoms with van der Waals surface area (Å²) < 4.78 is 27.3. The average molecular weight is 446 g/mol. The minimum Gasteiger partial charge on any atom is -0.298 e. The molecule has 0 atom stereocenters. The van der Waals surface area contributed by atoms with Gasteiger partial charge in [-0.1, -0.05) is 44.2 Å². The molecule has 0 aliphatic heterocycles. The number of anilines is 1. The normalized spacial score (nSPS) is 11.6. The lowest BCUT2D eigenvalue weighted by atomic mass is 10.2. The van der Waals surface area contributed by atoms with Crippen molar-refractivity contribution in [1.29, 1.82) is 0 Å². The zero-order valence-electron chi connectivity index (χ0n) is 17.0. The van der Waals surface area contributed by atoms with Gasteiger partial charge in [0.15, 0.2) is 5.13 Å². The van der Waals surface area contributed by atoms with Crippen LogP contribution in [0.2, 0.25) is 0 Å². The summed E-state index contributed by atoms with van der Waals surface area (Å²) in [6.07, 6.45) is 1.54. The van der Waals surface area contributed by atoms with Gasteiger partial charge >= 0.3 is 0 Å². The molecular weight excluding hydrogens is 418 g/mol. The fourth-order valence-electron chi connectivity index (χ4n) is 3.02. The number of thiazole rings is 1. The van der Waals surface area contributed by atoms with Crippen molar-refractivity contribution < 1.29 is 14.6 Å². The number of carbonyl (C=O) groups excluding carboxylic acids is 1. The molecule has 0 saturated carbocycles. The fraction of sp³-hybridized carbons (Fsp3) is 0.273. The monoisotopic (exact) mass is 445 g/mol. The molecule has 160 valence electrons. The van der Waals surface area contributed by atoms with Crippen LogP contribution in [0.4, 0.5) is 5.13 Å². The third kappa shape index (κ3) is 5.13. The lowest BCUT2D eigenvalue weighted by molar-refractivity contribution is 0.102. The van der Waals surface area contributed by atoms with E-state index >= 15 is 0 Å². The van der Waals surface area contributed by atoms with Crippen LogP contribution in [0.3, 0.4) is 0 Å². The first-order valence-electron chi connectivity index (χ1n) is 9.88. The predicted octanol–water partition coefficient (Wildman–Crippen LogP) is 5.12. The maximum atomic E-state index is 12.9. The summed E-state index contributed by atoms with van der Waals surface area (Å²) in [6, 6.07) is 15.7. The van der Waals surface area contributed by atoms with E-state index in [1.54, 1.807) is 48.5 Å². The lowest BCUT2D eigenvalue weighted by Crippen LogP contribution is -2.32. The fourth-order valence-corrected chi connectivity index (χ4v) is 5.36. The molecule has 8 heteroatoms. The van der Waals surface area contributed by atoms with E-state index in [1.165, 1.54) is 15.6 Å². The first-order chi connectivity index (χ1) is 14.5. The van der Waals surface area contributed by atoms with Crippen LogP contribution in [0.5, 0.6) is 0 Å². The van der Waals surface area contributed by atoms with Crippen LogP contribution in [0.1, 0.15) is 38.5 Å². The van der Waals surface area contributed by atoms with Crippen molar-refractivity contribution in [2.75, 3.05) is 18.4 Å². The van der Waals surface area contributed by atoms with E-state index in [0.29, 0.717) is 29.5 Å². The number of rotatable bonds is 9.